The molecule has 1 saturated heterocycles. The van der Waals surface area contributed by atoms with E-state index in [9.17, 15) is 9.59 Å². The Morgan fingerprint density at radius 3 is 2.56 bits per heavy atom. The van der Waals surface area contributed by atoms with Gasteiger partial charge in [0, 0.05) is 18.8 Å². The molecule has 1 amide bonds. The summed E-state index contributed by atoms with van der Waals surface area (Å²) in [7, 11) is 0. The first-order valence-electron chi connectivity index (χ1n) is 5.64. The van der Waals surface area contributed by atoms with Crippen LogP contribution in [0.1, 0.15) is 40.5 Å². The van der Waals surface area contributed by atoms with E-state index in [1.807, 2.05) is 6.92 Å². The van der Waals surface area contributed by atoms with E-state index < -0.39 is 5.97 Å². The highest BCUT2D eigenvalue weighted by atomic mass is 16.5. The third kappa shape index (κ3) is 1.19. The van der Waals surface area contributed by atoms with Gasteiger partial charge in [-0.1, -0.05) is 13.8 Å². The number of piperidine rings is 1. The number of rotatable bonds is 1. The van der Waals surface area contributed by atoms with Crippen LogP contribution in [0.25, 0.3) is 0 Å². The van der Waals surface area contributed by atoms with Crippen LogP contribution in [-0.2, 0) is 14.3 Å². The van der Waals surface area contributed by atoms with Crippen LogP contribution in [0.4, 0.5) is 0 Å². The van der Waals surface area contributed by atoms with E-state index in [2.05, 4.69) is 13.8 Å². The molecule has 0 radical (unpaired) electrons. The van der Waals surface area contributed by atoms with E-state index in [4.69, 9.17) is 4.74 Å². The number of nitrogens with zero attached hydrogens (tertiary/aromatic N) is 1. The molecule has 1 aliphatic carbocycles. The van der Waals surface area contributed by atoms with Crippen molar-refractivity contribution in [1.29, 1.82) is 0 Å². The van der Waals surface area contributed by atoms with Gasteiger partial charge in [0.15, 0.2) is 6.04 Å². The fourth-order valence-electron chi connectivity index (χ4n) is 3.02. The van der Waals surface area contributed by atoms with Gasteiger partial charge in [-0.3, -0.25) is 4.79 Å². The molecular weight excluding hydrogens is 206 g/mol. The smallest absolute Gasteiger partial charge is 0.377 e. The van der Waals surface area contributed by atoms with Gasteiger partial charge in [-0.15, -0.1) is 4.58 Å². The fourth-order valence-corrected chi connectivity index (χ4v) is 3.02. The second-order valence-corrected chi connectivity index (χ2v) is 5.54. The van der Waals surface area contributed by atoms with Crippen molar-refractivity contribution in [3.05, 3.63) is 0 Å². The van der Waals surface area contributed by atoms with Crippen molar-refractivity contribution < 1.29 is 18.9 Å². The number of hydrogen-bond acceptors (Lipinski definition) is 3. The summed E-state index contributed by atoms with van der Waals surface area (Å²) in [6.07, 6.45) is 3.20. The minimum atomic E-state index is -0.390. The van der Waals surface area contributed by atoms with Gasteiger partial charge in [-0.2, -0.15) is 0 Å². The molecule has 2 fully saturated rings. The molecule has 0 spiro atoms. The molecule has 2 bridgehead atoms. The summed E-state index contributed by atoms with van der Waals surface area (Å²) in [6, 6.07) is 0.157. The maximum absolute atomic E-state index is 12.2. The predicted molar refractivity (Wildman–Crippen MR) is 58.0 cm³/mol. The van der Waals surface area contributed by atoms with Gasteiger partial charge in [-0.25, -0.2) is 4.79 Å². The van der Waals surface area contributed by atoms with Crippen LogP contribution in [0.3, 0.4) is 0 Å². The van der Waals surface area contributed by atoms with Gasteiger partial charge in [0.05, 0.1) is 0 Å². The number of ether oxygens (including phenoxy) is 1. The molecule has 2 aliphatic rings. The van der Waals surface area contributed by atoms with E-state index in [0.29, 0.717) is 0 Å². The average Bonchev–Trinajstić information content (AvgIpc) is 2.47. The Morgan fingerprint density at radius 2 is 2.12 bits per heavy atom. The number of esters is 1. The first kappa shape index (κ1) is 11.3. The van der Waals surface area contributed by atoms with Crippen LogP contribution in [0.5, 0.6) is 0 Å². The van der Waals surface area contributed by atoms with Gasteiger partial charge < -0.3 is 4.74 Å². The lowest BCUT2D eigenvalue weighted by atomic mass is 9.70. The third-order valence-corrected chi connectivity index (χ3v) is 4.55. The first-order chi connectivity index (χ1) is 7.30. The van der Waals surface area contributed by atoms with Crippen molar-refractivity contribution in [2.75, 3.05) is 0 Å². The SMILES string of the molecule is CC(=O)OC=[N+]1C(=O)C2(C)CCC1C2(C)C. The van der Waals surface area contributed by atoms with E-state index in [1.54, 1.807) is 4.58 Å². The summed E-state index contributed by atoms with van der Waals surface area (Å²) < 4.78 is 6.43. The van der Waals surface area contributed by atoms with Crippen molar-refractivity contribution in [1.82, 2.24) is 0 Å². The molecule has 1 aliphatic heterocycles. The molecule has 0 aromatic carbocycles. The molecule has 2 rings (SSSR count). The van der Waals surface area contributed by atoms with Crippen molar-refractivity contribution >= 4 is 18.3 Å². The quantitative estimate of drug-likeness (QED) is 0.383. The summed E-state index contributed by atoms with van der Waals surface area (Å²) in [4.78, 5) is 23.0. The average molecular weight is 224 g/mol. The van der Waals surface area contributed by atoms with Gasteiger partial charge >= 0.3 is 18.3 Å². The third-order valence-electron chi connectivity index (χ3n) is 4.55. The van der Waals surface area contributed by atoms with Crippen molar-refractivity contribution in [2.24, 2.45) is 10.8 Å². The number of fused-ring (bicyclic) bond motifs is 2. The minimum Gasteiger partial charge on any atom is -0.377 e. The van der Waals surface area contributed by atoms with Crippen molar-refractivity contribution in [3.63, 3.8) is 0 Å². The largest absolute Gasteiger partial charge is 0.396 e. The topological polar surface area (TPSA) is 46.4 Å². The molecule has 1 saturated carbocycles. The summed E-state index contributed by atoms with van der Waals surface area (Å²) in [5.41, 5.74) is -0.366. The Hall–Kier alpha value is -1.19. The van der Waals surface area contributed by atoms with Crippen LogP contribution >= 0.6 is 0 Å². The number of carbonyl (C=O) groups excluding carboxylic acids is 2. The van der Waals surface area contributed by atoms with E-state index in [0.717, 1.165) is 12.8 Å². The standard InChI is InChI=1S/C12H18NO3/c1-8(14)16-7-13-9-5-6-12(4,10(13)15)11(9,2)3/h7,9H,5-6H2,1-4H3/q+1. The van der Waals surface area contributed by atoms with Gasteiger partial charge in [0.25, 0.3) is 0 Å². The highest BCUT2D eigenvalue weighted by molar-refractivity contribution is 5.83. The molecule has 16 heavy (non-hydrogen) atoms. The lowest BCUT2D eigenvalue weighted by Gasteiger charge is -2.25. The van der Waals surface area contributed by atoms with Crippen molar-refractivity contribution in [3.8, 4) is 0 Å². The molecule has 2 unspecified atom stereocenters. The zero-order valence-corrected chi connectivity index (χ0v) is 10.2. The van der Waals surface area contributed by atoms with E-state index >= 15 is 0 Å². The molecule has 4 heteroatoms. The van der Waals surface area contributed by atoms with Gasteiger partial charge in [-0.05, 0) is 13.3 Å². The molecule has 0 aromatic rings. The summed E-state index contributed by atoms with van der Waals surface area (Å²) >= 11 is 0. The fraction of sp³-hybridized carbons (Fsp3) is 0.750. The molecule has 0 N–H and O–H groups in total. The summed E-state index contributed by atoms with van der Waals surface area (Å²) in [5, 5.41) is 0. The highest BCUT2D eigenvalue weighted by Crippen LogP contribution is 2.59. The second-order valence-electron chi connectivity index (χ2n) is 5.54. The molecule has 88 valence electrons. The summed E-state index contributed by atoms with van der Waals surface area (Å²) in [5.74, 6) is -0.312. The Kier molecular flexibility index (Phi) is 2.23. The predicted octanol–water partition coefficient (Wildman–Crippen LogP) is 1.33. The summed E-state index contributed by atoms with van der Waals surface area (Å²) in [6.45, 7) is 7.58. The maximum atomic E-state index is 12.2. The Morgan fingerprint density at radius 1 is 1.50 bits per heavy atom. The van der Waals surface area contributed by atoms with Crippen LogP contribution in [-0.4, -0.2) is 28.9 Å². The lowest BCUT2D eigenvalue weighted by Crippen LogP contribution is -2.34. The first-order valence-corrected chi connectivity index (χ1v) is 5.64. The minimum absolute atomic E-state index is 0.0548. The molecular formula is C12H18NO3+. The number of carbonyl (C=O) groups is 2. The normalized spacial score (nSPS) is 38.1. The van der Waals surface area contributed by atoms with Gasteiger partial charge in [0.1, 0.15) is 5.41 Å². The molecule has 4 nitrogen and oxygen atoms in total. The Balaban J connectivity index is 2.37. The zero-order valence-electron chi connectivity index (χ0n) is 10.2. The second kappa shape index (κ2) is 3.15. The van der Waals surface area contributed by atoms with E-state index in [1.165, 1.54) is 13.3 Å². The van der Waals surface area contributed by atoms with E-state index in [-0.39, 0.29) is 22.8 Å². The van der Waals surface area contributed by atoms with Crippen LogP contribution in [0, 0.1) is 10.8 Å². The van der Waals surface area contributed by atoms with Crippen LogP contribution < -0.4 is 0 Å². The maximum Gasteiger partial charge on any atom is 0.396 e. The number of hydrogen-bond donors (Lipinski definition) is 0. The lowest BCUT2D eigenvalue weighted by molar-refractivity contribution is -0.489. The molecule has 0 aromatic heterocycles. The highest BCUT2D eigenvalue weighted by Gasteiger charge is 2.71. The van der Waals surface area contributed by atoms with Crippen LogP contribution in [0.2, 0.25) is 0 Å². The van der Waals surface area contributed by atoms with Gasteiger partial charge in [0.2, 0.25) is 0 Å². The van der Waals surface area contributed by atoms with Crippen LogP contribution in [0.15, 0.2) is 0 Å². The monoisotopic (exact) mass is 224 g/mol. The zero-order chi connectivity index (χ0) is 12.1. The van der Waals surface area contributed by atoms with Crippen molar-refractivity contribution in [2.45, 2.75) is 46.6 Å². The molecule has 1 heterocycles. The Labute approximate surface area is 95.3 Å². The Bertz CT molecular complexity index is 397. The number of amides is 1. The molecule has 2 atom stereocenters.